The number of rotatable bonds is 5. The van der Waals surface area contributed by atoms with Crippen LogP contribution in [0.1, 0.15) is 6.42 Å². The molecule has 0 amide bonds. The number of esters is 1. The molecule has 1 rings (SSSR count). The second-order valence-corrected chi connectivity index (χ2v) is 3.06. The minimum Gasteiger partial charge on any atom is -0.469 e. The Morgan fingerprint density at radius 2 is 2.31 bits per heavy atom. The Balaban J connectivity index is 2.51. The van der Waals surface area contributed by atoms with Crippen LogP contribution in [0.3, 0.4) is 0 Å². The number of anilines is 1. The summed E-state index contributed by atoms with van der Waals surface area (Å²) in [5.41, 5.74) is 0.626. The van der Waals surface area contributed by atoms with Gasteiger partial charge in [-0.15, -0.1) is 0 Å². The fourth-order valence-electron chi connectivity index (χ4n) is 1.14. The van der Waals surface area contributed by atoms with Gasteiger partial charge in [-0.05, 0) is 6.07 Å². The highest BCUT2D eigenvalue weighted by Gasteiger charge is 2.05. The van der Waals surface area contributed by atoms with Crippen LogP contribution in [0.25, 0.3) is 0 Å². The molecule has 1 N–H and O–H groups in total. The lowest BCUT2D eigenvalue weighted by Gasteiger charge is -2.04. The van der Waals surface area contributed by atoms with Gasteiger partial charge in [-0.1, -0.05) is 6.07 Å². The molecule has 86 valence electrons. The molecule has 0 unspecified atom stereocenters. The maximum absolute atomic E-state index is 10.8. The molecule has 0 atom stereocenters. The zero-order chi connectivity index (χ0) is 12.0. The fourth-order valence-corrected chi connectivity index (χ4v) is 1.14. The van der Waals surface area contributed by atoms with E-state index in [1.807, 2.05) is 0 Å². The van der Waals surface area contributed by atoms with E-state index in [2.05, 4.69) is 10.1 Å². The second kappa shape index (κ2) is 5.69. The van der Waals surface area contributed by atoms with Gasteiger partial charge in [0.05, 0.1) is 18.5 Å². The van der Waals surface area contributed by atoms with Crippen LogP contribution in [0, 0.1) is 10.1 Å². The van der Waals surface area contributed by atoms with Crippen LogP contribution < -0.4 is 5.32 Å². The van der Waals surface area contributed by atoms with Crippen LogP contribution in [0.5, 0.6) is 0 Å². The highest BCUT2D eigenvalue weighted by atomic mass is 16.6. The maximum atomic E-state index is 10.8. The summed E-state index contributed by atoms with van der Waals surface area (Å²) in [6, 6.07) is 6.10. The fraction of sp³-hybridized carbons (Fsp3) is 0.300. The van der Waals surface area contributed by atoms with E-state index >= 15 is 0 Å². The Morgan fingerprint density at radius 1 is 1.56 bits per heavy atom. The van der Waals surface area contributed by atoms with E-state index in [-0.39, 0.29) is 18.1 Å². The zero-order valence-corrected chi connectivity index (χ0v) is 8.80. The summed E-state index contributed by atoms with van der Waals surface area (Å²) in [7, 11) is 1.32. The normalized spacial score (nSPS) is 9.56. The first kappa shape index (κ1) is 12.0. The minimum absolute atomic E-state index is 0.0167. The molecule has 0 spiro atoms. The Hall–Kier alpha value is -2.11. The number of methoxy groups -OCH3 is 1. The van der Waals surface area contributed by atoms with Gasteiger partial charge >= 0.3 is 5.97 Å². The van der Waals surface area contributed by atoms with Crippen molar-refractivity contribution in [2.45, 2.75) is 6.42 Å². The molecule has 0 bridgehead atoms. The van der Waals surface area contributed by atoms with Crippen molar-refractivity contribution in [3.05, 3.63) is 34.4 Å². The monoisotopic (exact) mass is 224 g/mol. The van der Waals surface area contributed by atoms with E-state index in [4.69, 9.17) is 0 Å². The Labute approximate surface area is 92.4 Å². The molecule has 0 heterocycles. The number of hydrogen-bond donors (Lipinski definition) is 1. The smallest absolute Gasteiger partial charge is 0.307 e. The van der Waals surface area contributed by atoms with E-state index in [1.54, 1.807) is 12.1 Å². The summed E-state index contributed by atoms with van der Waals surface area (Å²) >= 11 is 0. The lowest BCUT2D eigenvalue weighted by molar-refractivity contribution is -0.384. The number of benzene rings is 1. The highest BCUT2D eigenvalue weighted by Crippen LogP contribution is 2.16. The molecule has 16 heavy (non-hydrogen) atoms. The summed E-state index contributed by atoms with van der Waals surface area (Å²) in [5.74, 6) is -0.321. The van der Waals surface area contributed by atoms with Gasteiger partial charge in [0.1, 0.15) is 0 Å². The van der Waals surface area contributed by atoms with Gasteiger partial charge in [-0.3, -0.25) is 14.9 Å². The third-order valence-corrected chi connectivity index (χ3v) is 1.94. The Morgan fingerprint density at radius 3 is 2.94 bits per heavy atom. The van der Waals surface area contributed by atoms with Gasteiger partial charge in [0.25, 0.3) is 5.69 Å². The molecule has 0 aliphatic carbocycles. The molecule has 6 nitrogen and oxygen atoms in total. The van der Waals surface area contributed by atoms with Crippen molar-refractivity contribution >= 4 is 17.3 Å². The van der Waals surface area contributed by atoms with Crippen LogP contribution >= 0.6 is 0 Å². The summed E-state index contributed by atoms with van der Waals surface area (Å²) in [4.78, 5) is 20.8. The quantitative estimate of drug-likeness (QED) is 0.466. The van der Waals surface area contributed by atoms with Gasteiger partial charge in [-0.2, -0.15) is 0 Å². The number of carbonyl (C=O) groups excluding carboxylic acids is 1. The molecule has 0 fully saturated rings. The van der Waals surface area contributed by atoms with Gasteiger partial charge in [0.15, 0.2) is 0 Å². The first-order valence-electron chi connectivity index (χ1n) is 4.68. The van der Waals surface area contributed by atoms with Gasteiger partial charge in [-0.25, -0.2) is 0 Å². The lowest BCUT2D eigenvalue weighted by Crippen LogP contribution is -2.09. The van der Waals surface area contributed by atoms with Crippen molar-refractivity contribution in [1.82, 2.24) is 0 Å². The first-order valence-corrected chi connectivity index (χ1v) is 4.68. The largest absolute Gasteiger partial charge is 0.469 e. The van der Waals surface area contributed by atoms with Crippen LogP contribution in [0.4, 0.5) is 11.4 Å². The number of nitro groups is 1. The number of non-ortho nitro benzene ring substituents is 1. The molecule has 0 saturated carbocycles. The number of nitro benzene ring substituents is 1. The standard InChI is InChI=1S/C10H12N2O4/c1-16-10(13)5-6-11-8-3-2-4-9(7-8)12(14)15/h2-4,7,11H,5-6H2,1H3. The van der Waals surface area contributed by atoms with Crippen molar-refractivity contribution in [3.8, 4) is 0 Å². The van der Waals surface area contributed by atoms with Crippen LogP contribution in [0.2, 0.25) is 0 Å². The van der Waals surface area contributed by atoms with E-state index in [9.17, 15) is 14.9 Å². The average molecular weight is 224 g/mol. The topological polar surface area (TPSA) is 81.5 Å². The summed E-state index contributed by atoms with van der Waals surface area (Å²) in [6.07, 6.45) is 0.221. The molecule has 0 aliphatic heterocycles. The van der Waals surface area contributed by atoms with Crippen LogP contribution in [-0.2, 0) is 9.53 Å². The number of nitrogens with one attached hydrogen (secondary N) is 1. The predicted molar refractivity (Wildman–Crippen MR) is 58.2 cm³/mol. The van der Waals surface area contributed by atoms with Crippen molar-refractivity contribution in [3.63, 3.8) is 0 Å². The molecule has 1 aromatic carbocycles. The van der Waals surface area contributed by atoms with Crippen molar-refractivity contribution < 1.29 is 14.5 Å². The molecule has 0 aliphatic rings. The van der Waals surface area contributed by atoms with Gasteiger partial charge in [0, 0.05) is 24.4 Å². The summed E-state index contributed by atoms with van der Waals surface area (Å²) < 4.78 is 4.46. The molecular formula is C10H12N2O4. The third kappa shape index (κ3) is 3.56. The number of ether oxygens (including phenoxy) is 1. The van der Waals surface area contributed by atoms with Crippen molar-refractivity contribution in [1.29, 1.82) is 0 Å². The second-order valence-electron chi connectivity index (χ2n) is 3.06. The highest BCUT2D eigenvalue weighted by molar-refractivity contribution is 5.69. The summed E-state index contributed by atoms with van der Waals surface area (Å²) in [6.45, 7) is 0.383. The SMILES string of the molecule is COC(=O)CCNc1cccc([N+](=O)[O-])c1. The average Bonchev–Trinajstić information content (AvgIpc) is 2.29. The van der Waals surface area contributed by atoms with E-state index in [0.29, 0.717) is 12.2 Å². The molecule has 0 radical (unpaired) electrons. The van der Waals surface area contributed by atoms with Crippen LogP contribution in [0.15, 0.2) is 24.3 Å². The van der Waals surface area contributed by atoms with Crippen LogP contribution in [-0.4, -0.2) is 24.5 Å². The van der Waals surface area contributed by atoms with E-state index < -0.39 is 4.92 Å². The van der Waals surface area contributed by atoms with Crippen molar-refractivity contribution in [2.24, 2.45) is 0 Å². The Bertz CT molecular complexity index is 392. The van der Waals surface area contributed by atoms with Gasteiger partial charge in [0.2, 0.25) is 0 Å². The first-order chi connectivity index (χ1) is 7.63. The zero-order valence-electron chi connectivity index (χ0n) is 8.80. The predicted octanol–water partition coefficient (Wildman–Crippen LogP) is 1.57. The molecule has 0 aromatic heterocycles. The van der Waals surface area contributed by atoms with Crippen molar-refractivity contribution in [2.75, 3.05) is 19.0 Å². The minimum atomic E-state index is -0.467. The molecule has 6 heteroatoms. The lowest BCUT2D eigenvalue weighted by atomic mass is 10.3. The molecule has 0 saturated heterocycles. The van der Waals surface area contributed by atoms with E-state index in [0.717, 1.165) is 0 Å². The third-order valence-electron chi connectivity index (χ3n) is 1.94. The summed E-state index contributed by atoms with van der Waals surface area (Å²) in [5, 5.41) is 13.4. The maximum Gasteiger partial charge on any atom is 0.307 e. The molecular weight excluding hydrogens is 212 g/mol. The van der Waals surface area contributed by atoms with Gasteiger partial charge < -0.3 is 10.1 Å². The van der Waals surface area contributed by atoms with E-state index in [1.165, 1.54) is 19.2 Å². The number of carbonyl (C=O) groups is 1. The number of nitrogens with zero attached hydrogens (tertiary/aromatic N) is 1. The molecule has 1 aromatic rings. The Kier molecular flexibility index (Phi) is 4.26. The number of hydrogen-bond acceptors (Lipinski definition) is 5.